The zero-order chi connectivity index (χ0) is 11.3. The minimum absolute atomic E-state index is 0.0506. The molecule has 0 amide bonds. The Morgan fingerprint density at radius 2 is 2.13 bits per heavy atom. The molecular weight excluding hydrogens is 260 g/mol. The van der Waals surface area contributed by atoms with Crippen LogP contribution in [-0.2, 0) is 17.1 Å². The Labute approximate surface area is 97.8 Å². The second kappa shape index (κ2) is 6.20. The number of rotatable bonds is 0. The second-order valence-corrected chi connectivity index (χ2v) is 16.3. The third kappa shape index (κ3) is 5.31. The maximum absolute atomic E-state index is 11.8. The molecule has 1 rings (SSSR count). The van der Waals surface area contributed by atoms with Gasteiger partial charge >= 0.3 is 18.5 Å². The highest BCUT2D eigenvalue weighted by Crippen LogP contribution is 2.16. The average molecular weight is 279 g/mol. The minimum atomic E-state index is -1.94. The summed E-state index contributed by atoms with van der Waals surface area (Å²) in [6.07, 6.45) is 2.15. The molecule has 1 atom stereocenters. The molecule has 0 N–H and O–H groups in total. The van der Waals surface area contributed by atoms with Gasteiger partial charge < -0.3 is 17.1 Å². The van der Waals surface area contributed by atoms with E-state index < -0.39 is 25.3 Å². The first-order valence-corrected chi connectivity index (χ1v) is 13.9. The van der Waals surface area contributed by atoms with Gasteiger partial charge in [0.15, 0.2) is 0 Å². The van der Waals surface area contributed by atoms with Crippen molar-refractivity contribution in [3.8, 4) is 0 Å². The van der Waals surface area contributed by atoms with Crippen LogP contribution in [-0.4, -0.2) is 41.9 Å². The van der Waals surface area contributed by atoms with Crippen molar-refractivity contribution in [2.45, 2.75) is 38.5 Å². The van der Waals surface area contributed by atoms with Crippen LogP contribution in [0.15, 0.2) is 0 Å². The summed E-state index contributed by atoms with van der Waals surface area (Å²) in [6.45, 7) is 6.96. The second-order valence-electron chi connectivity index (χ2n) is 4.33. The highest BCUT2D eigenvalue weighted by Gasteiger charge is 2.32. The highest BCUT2D eigenvalue weighted by atomic mass is 29.2. The molecule has 2 radical (unpaired) electrons. The number of hydrogen-bond donors (Lipinski definition) is 0. The van der Waals surface area contributed by atoms with Crippen molar-refractivity contribution in [3.05, 3.63) is 0 Å². The van der Waals surface area contributed by atoms with Crippen molar-refractivity contribution in [1.82, 2.24) is 0 Å². The Morgan fingerprint density at radius 1 is 1.40 bits per heavy atom. The van der Waals surface area contributed by atoms with Crippen LogP contribution in [0.5, 0.6) is 0 Å². The molecule has 1 fully saturated rings. The first kappa shape index (κ1) is 13.5. The van der Waals surface area contributed by atoms with Crippen molar-refractivity contribution in [3.63, 3.8) is 0 Å². The summed E-state index contributed by atoms with van der Waals surface area (Å²) >= 11 is 0. The normalized spacial score (nSPS) is 29.0. The molecule has 4 nitrogen and oxygen atoms in total. The lowest BCUT2D eigenvalue weighted by molar-refractivity contribution is 0.285. The first-order valence-electron chi connectivity index (χ1n) is 5.26. The van der Waals surface area contributed by atoms with Crippen LogP contribution in [0.3, 0.4) is 0 Å². The maximum Gasteiger partial charge on any atom is 0.484 e. The van der Waals surface area contributed by atoms with E-state index in [0.29, 0.717) is 0 Å². The highest BCUT2D eigenvalue weighted by molar-refractivity contribution is 7.12. The van der Waals surface area contributed by atoms with Gasteiger partial charge in [-0.3, -0.25) is 0 Å². The van der Waals surface area contributed by atoms with Crippen LogP contribution in [0.4, 0.5) is 0 Å². The lowest BCUT2D eigenvalue weighted by Crippen LogP contribution is -2.42. The van der Waals surface area contributed by atoms with Gasteiger partial charge in [0, 0.05) is 6.61 Å². The topological polar surface area (TPSA) is 44.8 Å². The summed E-state index contributed by atoms with van der Waals surface area (Å²) in [4.78, 5) is 0. The van der Waals surface area contributed by atoms with E-state index in [1.54, 1.807) is 0 Å². The monoisotopic (exact) mass is 278 g/mol. The predicted molar refractivity (Wildman–Crippen MR) is 64.9 cm³/mol. The van der Waals surface area contributed by atoms with Crippen molar-refractivity contribution < 1.29 is 17.1 Å². The fourth-order valence-corrected chi connectivity index (χ4v) is 12.8. The third-order valence-electron chi connectivity index (χ3n) is 2.27. The van der Waals surface area contributed by atoms with E-state index in [-0.39, 0.29) is 10.0 Å². The first-order chi connectivity index (χ1) is 7.01. The Hall–Kier alpha value is 0.388. The lowest BCUT2D eigenvalue weighted by atomic mass is 10.4. The quantitative estimate of drug-likeness (QED) is 0.618. The van der Waals surface area contributed by atoms with Gasteiger partial charge in [-0.15, -0.1) is 0 Å². The summed E-state index contributed by atoms with van der Waals surface area (Å²) in [5, 5.41) is 0. The van der Waals surface area contributed by atoms with Crippen LogP contribution in [0.25, 0.3) is 0 Å². The molecule has 1 heterocycles. The van der Waals surface area contributed by atoms with E-state index >= 15 is 0 Å². The zero-order valence-corrected chi connectivity index (χ0v) is 13.7. The summed E-state index contributed by atoms with van der Waals surface area (Å²) in [5.41, 5.74) is 0. The summed E-state index contributed by atoms with van der Waals surface area (Å²) in [6, 6.07) is 1.07. The van der Waals surface area contributed by atoms with Crippen LogP contribution < -0.4 is 0 Å². The lowest BCUT2D eigenvalue weighted by Gasteiger charge is -2.24. The van der Waals surface area contributed by atoms with Crippen molar-refractivity contribution in [2.24, 2.45) is 0 Å². The molecule has 0 aliphatic carbocycles. The molecule has 0 aromatic rings. The maximum atomic E-state index is 11.8. The fraction of sp³-hybridized carbons (Fsp3) is 1.00. The molecule has 0 aromatic heterocycles. The van der Waals surface area contributed by atoms with Gasteiger partial charge in [-0.05, 0) is 32.1 Å². The van der Waals surface area contributed by atoms with E-state index in [9.17, 15) is 4.46 Å². The SMILES string of the molecule is C[SiH]1O[Si]OCCCC[Si](C)(C)O[Si]1=O. The molecule has 0 saturated carbocycles. The molecule has 1 aliphatic rings. The molecular formula is C7H18O4Si4. The summed E-state index contributed by atoms with van der Waals surface area (Å²) in [7, 11) is -5.27. The Bertz CT molecular complexity index is 223. The molecule has 8 heteroatoms. The zero-order valence-electron chi connectivity index (χ0n) is 9.54. The molecule has 86 valence electrons. The summed E-state index contributed by atoms with van der Waals surface area (Å²) < 4.78 is 28.4. The van der Waals surface area contributed by atoms with Gasteiger partial charge in [0.05, 0.1) is 0 Å². The molecule has 1 aliphatic heterocycles. The molecule has 0 bridgehead atoms. The van der Waals surface area contributed by atoms with E-state index in [4.69, 9.17) is 12.7 Å². The molecule has 1 unspecified atom stereocenters. The fourth-order valence-electron chi connectivity index (χ4n) is 1.33. The standard InChI is InChI=1S/C7H18O4Si4/c1-13-10-12-9-6-4-5-7-15(2,3)11-14(13)8/h13H,4-7H2,1-3H3. The van der Waals surface area contributed by atoms with Crippen LogP contribution in [0.2, 0.25) is 25.7 Å². The Morgan fingerprint density at radius 3 is 2.87 bits per heavy atom. The van der Waals surface area contributed by atoms with Crippen LogP contribution >= 0.6 is 0 Å². The van der Waals surface area contributed by atoms with Gasteiger partial charge in [0.2, 0.25) is 8.32 Å². The van der Waals surface area contributed by atoms with E-state index in [2.05, 4.69) is 13.1 Å². The van der Waals surface area contributed by atoms with E-state index in [0.717, 1.165) is 25.5 Å². The van der Waals surface area contributed by atoms with Crippen molar-refractivity contribution in [1.29, 1.82) is 0 Å². The molecule has 15 heavy (non-hydrogen) atoms. The van der Waals surface area contributed by atoms with Crippen LogP contribution in [0.1, 0.15) is 12.8 Å². The van der Waals surface area contributed by atoms with Gasteiger partial charge in [0.25, 0.3) is 8.56 Å². The number of hydrogen-bond acceptors (Lipinski definition) is 4. The molecule has 1 saturated heterocycles. The van der Waals surface area contributed by atoms with Crippen molar-refractivity contribution >= 4 is 35.3 Å². The van der Waals surface area contributed by atoms with E-state index in [1.165, 1.54) is 0 Å². The minimum Gasteiger partial charge on any atom is -0.580 e. The third-order valence-corrected chi connectivity index (χ3v) is 13.7. The van der Waals surface area contributed by atoms with Gasteiger partial charge in [-0.2, -0.15) is 0 Å². The molecule has 0 spiro atoms. The van der Waals surface area contributed by atoms with Gasteiger partial charge in [0.1, 0.15) is 0 Å². The Kier molecular flexibility index (Phi) is 5.56. The van der Waals surface area contributed by atoms with Gasteiger partial charge in [-0.1, -0.05) is 6.42 Å². The predicted octanol–water partition coefficient (Wildman–Crippen LogP) is 0.920. The largest absolute Gasteiger partial charge is 0.580 e. The van der Waals surface area contributed by atoms with Gasteiger partial charge in [-0.25, -0.2) is 0 Å². The van der Waals surface area contributed by atoms with E-state index in [1.807, 2.05) is 6.55 Å². The summed E-state index contributed by atoms with van der Waals surface area (Å²) in [5.74, 6) is 0. The Balaban J connectivity index is 2.56. The van der Waals surface area contributed by atoms with Crippen LogP contribution in [0, 0.1) is 0 Å². The smallest absolute Gasteiger partial charge is 0.484 e. The molecule has 0 aromatic carbocycles. The van der Waals surface area contributed by atoms with Crippen molar-refractivity contribution in [2.75, 3.05) is 6.61 Å². The average Bonchev–Trinajstić information content (AvgIpc) is 2.15.